The summed E-state index contributed by atoms with van der Waals surface area (Å²) < 4.78 is 0. The fourth-order valence-corrected chi connectivity index (χ4v) is 2.35. The van der Waals surface area contributed by atoms with Crippen LogP contribution >= 0.6 is 23.4 Å². The van der Waals surface area contributed by atoms with Gasteiger partial charge in [-0.25, -0.2) is 0 Å². The van der Waals surface area contributed by atoms with Crippen LogP contribution in [0.1, 0.15) is 23.7 Å². The standard InChI is InChI=1S/C13H18ClNOS/c1-3-15(10-6-9-14)13(16)11-7-4-5-8-12(11)17-2/h4-5,7-8H,3,6,9-10H2,1-2H3. The molecule has 1 aromatic carbocycles. The topological polar surface area (TPSA) is 20.3 Å². The Balaban J connectivity index is 2.85. The molecule has 0 bridgehead atoms. The van der Waals surface area contributed by atoms with Gasteiger partial charge in [0, 0.05) is 23.9 Å². The summed E-state index contributed by atoms with van der Waals surface area (Å²) in [7, 11) is 0. The molecule has 0 radical (unpaired) electrons. The van der Waals surface area contributed by atoms with Crippen molar-refractivity contribution in [3.8, 4) is 0 Å². The molecule has 0 aliphatic heterocycles. The molecular formula is C13H18ClNOS. The molecule has 0 saturated carbocycles. The number of benzene rings is 1. The fraction of sp³-hybridized carbons (Fsp3) is 0.462. The third-order valence-corrected chi connectivity index (χ3v) is 3.63. The van der Waals surface area contributed by atoms with Crippen molar-refractivity contribution in [3.63, 3.8) is 0 Å². The molecule has 0 aliphatic carbocycles. The first-order chi connectivity index (χ1) is 8.24. The Morgan fingerprint density at radius 1 is 1.41 bits per heavy atom. The maximum atomic E-state index is 12.3. The van der Waals surface area contributed by atoms with Crippen LogP contribution in [-0.2, 0) is 0 Å². The molecule has 0 N–H and O–H groups in total. The van der Waals surface area contributed by atoms with Gasteiger partial charge in [0.2, 0.25) is 0 Å². The van der Waals surface area contributed by atoms with E-state index in [4.69, 9.17) is 11.6 Å². The van der Waals surface area contributed by atoms with Crippen LogP contribution in [0.5, 0.6) is 0 Å². The second-order valence-electron chi connectivity index (χ2n) is 3.63. The Bertz CT molecular complexity index is 370. The van der Waals surface area contributed by atoms with Crippen LogP contribution in [0.25, 0.3) is 0 Å². The molecule has 0 unspecified atom stereocenters. The lowest BCUT2D eigenvalue weighted by Gasteiger charge is -2.21. The summed E-state index contributed by atoms with van der Waals surface area (Å²) in [4.78, 5) is 15.2. The van der Waals surface area contributed by atoms with E-state index in [0.717, 1.165) is 30.0 Å². The Morgan fingerprint density at radius 3 is 2.71 bits per heavy atom. The number of rotatable bonds is 6. The van der Waals surface area contributed by atoms with Gasteiger partial charge in [-0.2, -0.15) is 0 Å². The van der Waals surface area contributed by atoms with Crippen LogP contribution in [0, 0.1) is 0 Å². The zero-order chi connectivity index (χ0) is 12.7. The van der Waals surface area contributed by atoms with Crippen molar-refractivity contribution in [1.82, 2.24) is 4.90 Å². The molecule has 1 rings (SSSR count). The molecule has 1 aromatic rings. The SMILES string of the molecule is CCN(CCCCl)C(=O)c1ccccc1SC. The molecule has 0 saturated heterocycles. The normalized spacial score (nSPS) is 10.3. The summed E-state index contributed by atoms with van der Waals surface area (Å²) >= 11 is 7.27. The summed E-state index contributed by atoms with van der Waals surface area (Å²) in [6.07, 6.45) is 2.82. The molecule has 94 valence electrons. The number of carbonyl (C=O) groups excluding carboxylic acids is 1. The molecule has 17 heavy (non-hydrogen) atoms. The lowest BCUT2D eigenvalue weighted by atomic mass is 10.2. The number of halogens is 1. The van der Waals surface area contributed by atoms with Gasteiger partial charge in [0.1, 0.15) is 0 Å². The van der Waals surface area contributed by atoms with Crippen LogP contribution in [0.3, 0.4) is 0 Å². The molecule has 0 atom stereocenters. The van der Waals surface area contributed by atoms with Crippen molar-refractivity contribution >= 4 is 29.3 Å². The highest BCUT2D eigenvalue weighted by Crippen LogP contribution is 2.21. The average Bonchev–Trinajstić information content (AvgIpc) is 2.39. The predicted molar refractivity (Wildman–Crippen MR) is 75.1 cm³/mol. The Kier molecular flexibility index (Phi) is 6.45. The van der Waals surface area contributed by atoms with Gasteiger partial charge in [-0.05, 0) is 31.7 Å². The van der Waals surface area contributed by atoms with E-state index in [1.165, 1.54) is 0 Å². The zero-order valence-electron chi connectivity index (χ0n) is 10.3. The highest BCUT2D eigenvalue weighted by molar-refractivity contribution is 7.98. The summed E-state index contributed by atoms with van der Waals surface area (Å²) in [5, 5.41) is 0. The largest absolute Gasteiger partial charge is 0.339 e. The van der Waals surface area contributed by atoms with Crippen LogP contribution in [-0.4, -0.2) is 36.0 Å². The highest BCUT2D eigenvalue weighted by Gasteiger charge is 2.16. The Hall–Kier alpha value is -0.670. The minimum absolute atomic E-state index is 0.0996. The van der Waals surface area contributed by atoms with Gasteiger partial charge in [0.15, 0.2) is 0 Å². The van der Waals surface area contributed by atoms with E-state index in [9.17, 15) is 4.79 Å². The maximum Gasteiger partial charge on any atom is 0.254 e. The molecule has 2 nitrogen and oxygen atoms in total. The lowest BCUT2D eigenvalue weighted by molar-refractivity contribution is 0.0761. The van der Waals surface area contributed by atoms with Crippen LogP contribution in [0.4, 0.5) is 0 Å². The van der Waals surface area contributed by atoms with Gasteiger partial charge in [-0.1, -0.05) is 12.1 Å². The van der Waals surface area contributed by atoms with Crippen molar-refractivity contribution in [2.24, 2.45) is 0 Å². The van der Waals surface area contributed by atoms with E-state index in [2.05, 4.69) is 0 Å². The molecular weight excluding hydrogens is 254 g/mol. The fourth-order valence-electron chi connectivity index (χ4n) is 1.65. The van der Waals surface area contributed by atoms with E-state index >= 15 is 0 Å². The highest BCUT2D eigenvalue weighted by atomic mass is 35.5. The number of hydrogen-bond acceptors (Lipinski definition) is 2. The number of carbonyl (C=O) groups is 1. The van der Waals surface area contributed by atoms with Gasteiger partial charge in [0.25, 0.3) is 5.91 Å². The van der Waals surface area contributed by atoms with E-state index < -0.39 is 0 Å². The van der Waals surface area contributed by atoms with E-state index in [-0.39, 0.29) is 5.91 Å². The van der Waals surface area contributed by atoms with Crippen LogP contribution in [0.15, 0.2) is 29.2 Å². The summed E-state index contributed by atoms with van der Waals surface area (Å²) in [5.41, 5.74) is 0.788. The number of thioether (sulfide) groups is 1. The minimum Gasteiger partial charge on any atom is -0.339 e. The first-order valence-electron chi connectivity index (χ1n) is 5.72. The summed E-state index contributed by atoms with van der Waals surface area (Å²) in [6, 6.07) is 7.73. The summed E-state index contributed by atoms with van der Waals surface area (Å²) in [5.74, 6) is 0.691. The van der Waals surface area contributed by atoms with Crippen molar-refractivity contribution in [1.29, 1.82) is 0 Å². The first kappa shape index (κ1) is 14.4. The predicted octanol–water partition coefficient (Wildman–Crippen LogP) is 3.50. The van der Waals surface area contributed by atoms with Crippen LogP contribution < -0.4 is 0 Å². The molecule has 4 heteroatoms. The average molecular weight is 272 g/mol. The molecule has 0 spiro atoms. The minimum atomic E-state index is 0.0996. The van der Waals surface area contributed by atoms with E-state index in [1.807, 2.05) is 42.3 Å². The molecule has 0 fully saturated rings. The van der Waals surface area contributed by atoms with E-state index in [0.29, 0.717) is 5.88 Å². The maximum absolute atomic E-state index is 12.3. The molecule has 0 aliphatic rings. The van der Waals surface area contributed by atoms with Crippen molar-refractivity contribution < 1.29 is 4.79 Å². The van der Waals surface area contributed by atoms with Crippen molar-refractivity contribution in [2.45, 2.75) is 18.2 Å². The molecule has 0 aromatic heterocycles. The van der Waals surface area contributed by atoms with Crippen molar-refractivity contribution in [2.75, 3.05) is 25.2 Å². The third kappa shape index (κ3) is 3.93. The van der Waals surface area contributed by atoms with Gasteiger partial charge >= 0.3 is 0 Å². The first-order valence-corrected chi connectivity index (χ1v) is 7.48. The summed E-state index contributed by atoms with van der Waals surface area (Å²) in [6.45, 7) is 3.44. The van der Waals surface area contributed by atoms with Crippen LogP contribution in [0.2, 0.25) is 0 Å². The number of alkyl halides is 1. The van der Waals surface area contributed by atoms with E-state index in [1.54, 1.807) is 11.8 Å². The molecule has 0 heterocycles. The number of hydrogen-bond donors (Lipinski definition) is 0. The zero-order valence-corrected chi connectivity index (χ0v) is 11.9. The quantitative estimate of drug-likeness (QED) is 0.583. The smallest absolute Gasteiger partial charge is 0.254 e. The van der Waals surface area contributed by atoms with Crippen molar-refractivity contribution in [3.05, 3.63) is 29.8 Å². The Labute approximate surface area is 112 Å². The van der Waals surface area contributed by atoms with Gasteiger partial charge < -0.3 is 4.90 Å². The van der Waals surface area contributed by atoms with Gasteiger partial charge in [-0.15, -0.1) is 23.4 Å². The third-order valence-electron chi connectivity index (χ3n) is 2.57. The number of nitrogens with zero attached hydrogens (tertiary/aromatic N) is 1. The number of amides is 1. The lowest BCUT2D eigenvalue weighted by Crippen LogP contribution is -2.32. The molecule has 1 amide bonds. The van der Waals surface area contributed by atoms with Gasteiger partial charge in [0.05, 0.1) is 5.56 Å². The monoisotopic (exact) mass is 271 g/mol. The second kappa shape index (κ2) is 7.62. The Morgan fingerprint density at radius 2 is 2.12 bits per heavy atom. The second-order valence-corrected chi connectivity index (χ2v) is 4.85. The van der Waals surface area contributed by atoms with Gasteiger partial charge in [-0.3, -0.25) is 4.79 Å².